The fraction of sp³-hybridized carbons (Fsp3) is 0.412. The number of sulfone groups is 1. The van der Waals surface area contributed by atoms with Gasteiger partial charge in [0.1, 0.15) is 17.5 Å². The molecule has 1 aliphatic heterocycles. The fourth-order valence-corrected chi connectivity index (χ4v) is 7.56. The summed E-state index contributed by atoms with van der Waals surface area (Å²) in [5.74, 6) is -2.90. The second-order valence-electron chi connectivity index (χ2n) is 11.7. The Hall–Kier alpha value is -4.12. The van der Waals surface area contributed by atoms with E-state index in [9.17, 15) is 52.7 Å². The summed E-state index contributed by atoms with van der Waals surface area (Å²) >= 11 is 0. The average molecular weight is 756 g/mol. The summed E-state index contributed by atoms with van der Waals surface area (Å²) in [5.41, 5.74) is -7.00. The van der Waals surface area contributed by atoms with Crippen molar-refractivity contribution in [2.24, 2.45) is 5.92 Å². The van der Waals surface area contributed by atoms with Gasteiger partial charge in [0.2, 0.25) is 5.91 Å². The highest BCUT2D eigenvalue weighted by Gasteiger charge is 2.73. The maximum absolute atomic E-state index is 13.5. The van der Waals surface area contributed by atoms with Gasteiger partial charge in [0.25, 0.3) is 12.1 Å². The minimum atomic E-state index is -5.92. The van der Waals surface area contributed by atoms with Gasteiger partial charge in [-0.2, -0.15) is 26.3 Å². The lowest BCUT2D eigenvalue weighted by atomic mass is 9.88. The van der Waals surface area contributed by atoms with Gasteiger partial charge in [-0.3, -0.25) is 9.59 Å². The van der Waals surface area contributed by atoms with Crippen LogP contribution in [0.15, 0.2) is 77.7 Å². The summed E-state index contributed by atoms with van der Waals surface area (Å²) < 4.78 is 150. The Bertz CT molecular complexity index is 1660. The van der Waals surface area contributed by atoms with Gasteiger partial charge in [0, 0.05) is 30.1 Å². The van der Waals surface area contributed by atoms with Crippen LogP contribution in [0.2, 0.25) is 0 Å². The molecule has 1 N–H and O–H groups in total. The number of carbonyl (C=O) groups is 2. The smallest absolute Gasteiger partial charge is 0.430 e. The van der Waals surface area contributed by atoms with E-state index in [1.807, 2.05) is 0 Å². The number of alkyl halides is 6. The lowest BCUT2D eigenvalue weighted by Gasteiger charge is -2.37. The van der Waals surface area contributed by atoms with Crippen molar-refractivity contribution in [3.8, 4) is 0 Å². The predicted molar refractivity (Wildman–Crippen MR) is 165 cm³/mol. The number of ether oxygens (including phenoxy) is 1. The first kappa shape index (κ1) is 41.3. The van der Waals surface area contributed by atoms with Crippen LogP contribution < -0.4 is 0 Å². The molecule has 1 heterocycles. The highest BCUT2D eigenvalue weighted by atomic mass is 32.2. The number of benzene rings is 3. The van der Waals surface area contributed by atoms with Crippen molar-refractivity contribution >= 4 is 22.2 Å². The molecule has 280 valence electrons. The molecule has 1 saturated carbocycles. The third-order valence-corrected chi connectivity index (χ3v) is 10.7. The molecule has 1 atom stereocenters. The normalized spacial score (nSPS) is 17.1. The summed E-state index contributed by atoms with van der Waals surface area (Å²) in [4.78, 5) is 22.7. The van der Waals surface area contributed by atoms with Crippen LogP contribution in [-0.4, -0.2) is 61.5 Å². The van der Waals surface area contributed by atoms with Gasteiger partial charge >= 0.3 is 12.4 Å². The molecule has 5 rings (SSSR count). The van der Waals surface area contributed by atoms with Gasteiger partial charge in [0.05, 0.1) is 16.8 Å². The van der Waals surface area contributed by atoms with E-state index in [4.69, 9.17) is 9.90 Å². The maximum atomic E-state index is 13.5. The highest BCUT2D eigenvalue weighted by Crippen LogP contribution is 2.53. The molecule has 1 saturated heterocycles. The highest BCUT2D eigenvalue weighted by molar-refractivity contribution is 7.92. The lowest BCUT2D eigenvalue weighted by Crippen LogP contribution is -2.55. The molecule has 1 amide bonds. The van der Waals surface area contributed by atoms with Gasteiger partial charge in [-0.1, -0.05) is 55.7 Å². The van der Waals surface area contributed by atoms with E-state index < -0.39 is 68.2 Å². The molecule has 7 nitrogen and oxygen atoms in total. The van der Waals surface area contributed by atoms with Gasteiger partial charge < -0.3 is 14.7 Å². The van der Waals surface area contributed by atoms with Crippen LogP contribution in [0.4, 0.5) is 39.5 Å². The topological polar surface area (TPSA) is 101 Å². The number of hydrogen-bond donors (Lipinski definition) is 1. The van der Waals surface area contributed by atoms with Crippen molar-refractivity contribution in [1.82, 2.24) is 4.90 Å². The number of carboxylic acid groups (broad SMARTS) is 1. The largest absolute Gasteiger partial charge is 0.483 e. The van der Waals surface area contributed by atoms with E-state index in [1.165, 1.54) is 24.6 Å². The van der Waals surface area contributed by atoms with Crippen LogP contribution in [0.25, 0.3) is 0 Å². The molecule has 1 aliphatic carbocycles. The molecule has 2 aliphatic rings. The molecule has 17 heteroatoms. The van der Waals surface area contributed by atoms with Gasteiger partial charge in [-0.15, -0.1) is 0 Å². The predicted octanol–water partition coefficient (Wildman–Crippen LogP) is 7.98. The summed E-state index contributed by atoms with van der Waals surface area (Å²) in [7, 11) is -3.51. The van der Waals surface area contributed by atoms with E-state index in [0.29, 0.717) is 37.2 Å². The van der Waals surface area contributed by atoms with Gasteiger partial charge in [-0.05, 0) is 55.7 Å². The number of rotatable bonds is 7. The van der Waals surface area contributed by atoms with Crippen LogP contribution in [0.1, 0.15) is 49.7 Å². The van der Waals surface area contributed by atoms with Crippen molar-refractivity contribution in [3.63, 3.8) is 0 Å². The minimum Gasteiger partial charge on any atom is -0.483 e. The van der Waals surface area contributed by atoms with E-state index in [-0.39, 0.29) is 29.7 Å². The Morgan fingerprint density at radius 2 is 1.33 bits per heavy atom. The van der Waals surface area contributed by atoms with Crippen LogP contribution in [0.5, 0.6) is 0 Å². The van der Waals surface area contributed by atoms with Gasteiger partial charge in [-0.25, -0.2) is 21.6 Å². The number of amides is 1. The van der Waals surface area contributed by atoms with Crippen molar-refractivity contribution in [3.05, 3.63) is 101 Å². The Morgan fingerprint density at radius 1 is 0.804 bits per heavy atom. The summed E-state index contributed by atoms with van der Waals surface area (Å²) in [6, 6.07) is 11.6. The van der Waals surface area contributed by atoms with E-state index in [1.54, 1.807) is 4.90 Å². The molecule has 51 heavy (non-hydrogen) atoms. The number of nitrogens with zero attached hydrogens (tertiary/aromatic N) is 1. The monoisotopic (exact) mass is 755 g/mol. The number of hydrogen-bond acceptors (Lipinski definition) is 5. The maximum Gasteiger partial charge on any atom is 0.430 e. The average Bonchev–Trinajstić information content (AvgIpc) is 3.58. The van der Waals surface area contributed by atoms with Crippen molar-refractivity contribution in [2.45, 2.75) is 73.2 Å². The fourth-order valence-electron chi connectivity index (χ4n) is 5.86. The molecular weight excluding hydrogens is 721 g/mol. The van der Waals surface area contributed by atoms with Crippen LogP contribution in [-0.2, 0) is 36.4 Å². The SMILES string of the molecule is Fc1cccc(F)c1COC(c1ccccc1)(C(F)(F)F)C(F)(F)F.O=C(C1CCCCC1)N1CCC(S(=O)(=O)c2ccc(F)cc2)C1.O=CO. The first-order valence-corrected chi connectivity index (χ1v) is 17.1. The first-order valence-electron chi connectivity index (χ1n) is 15.5. The molecule has 0 radical (unpaired) electrons. The summed E-state index contributed by atoms with van der Waals surface area (Å²) in [6.07, 6.45) is -6.19. The zero-order valence-electron chi connectivity index (χ0n) is 26.8. The van der Waals surface area contributed by atoms with Gasteiger partial charge in [0.15, 0.2) is 9.84 Å². The molecule has 1 unspecified atom stereocenters. The summed E-state index contributed by atoms with van der Waals surface area (Å²) in [6.45, 7) is -1.05. The Kier molecular flexibility index (Phi) is 14.1. The second-order valence-corrected chi connectivity index (χ2v) is 13.9. The quantitative estimate of drug-likeness (QED) is 0.149. The summed E-state index contributed by atoms with van der Waals surface area (Å²) in [5, 5.41) is 6.31. The Labute approximate surface area is 287 Å². The lowest BCUT2D eigenvalue weighted by molar-refractivity contribution is -0.392. The third-order valence-electron chi connectivity index (χ3n) is 8.47. The Morgan fingerprint density at radius 3 is 1.84 bits per heavy atom. The molecule has 2 fully saturated rings. The molecule has 0 spiro atoms. The Balaban J connectivity index is 0.000000256. The molecular formula is C34H34F9NO6S. The first-order chi connectivity index (χ1) is 23.9. The van der Waals surface area contributed by atoms with Crippen LogP contribution in [0, 0.1) is 23.4 Å². The zero-order chi connectivity index (χ0) is 38.0. The molecule has 0 bridgehead atoms. The van der Waals surface area contributed by atoms with E-state index in [0.717, 1.165) is 56.0 Å². The van der Waals surface area contributed by atoms with Crippen molar-refractivity contribution in [2.75, 3.05) is 13.1 Å². The molecule has 3 aromatic carbocycles. The number of carbonyl (C=O) groups excluding carboxylic acids is 1. The van der Waals surface area contributed by atoms with E-state index in [2.05, 4.69) is 4.74 Å². The number of halogens is 9. The standard InChI is InChI=1S/C17H22FNO3S.C16H10F8O.CH2O2/c18-14-6-8-15(9-7-14)23(21,22)16-10-11-19(12-16)17(20)13-4-2-1-3-5-13;17-12-7-4-8-13(18)11(12)9-25-14(15(19,20)21,16(22,23)24)10-5-2-1-3-6-10;2-1-3/h6-9,13,16H,1-5,10-12H2;1-8H,9H2;1H,(H,2,3). The minimum absolute atomic E-state index is 0.0658. The third kappa shape index (κ3) is 9.81. The number of likely N-dealkylation sites (tertiary alicyclic amines) is 1. The van der Waals surface area contributed by atoms with Crippen molar-refractivity contribution in [1.29, 1.82) is 0 Å². The van der Waals surface area contributed by atoms with Crippen molar-refractivity contribution < 1.29 is 67.4 Å². The molecule has 0 aromatic heterocycles. The second kappa shape index (κ2) is 17.4. The van der Waals surface area contributed by atoms with E-state index >= 15 is 0 Å². The molecule has 3 aromatic rings. The zero-order valence-corrected chi connectivity index (χ0v) is 27.6. The van der Waals surface area contributed by atoms with Crippen LogP contribution in [0.3, 0.4) is 0 Å². The van der Waals surface area contributed by atoms with Crippen LogP contribution >= 0.6 is 0 Å².